The molecule has 0 atom stereocenters. The lowest BCUT2D eigenvalue weighted by Crippen LogP contribution is -2.04. The average Bonchev–Trinajstić information content (AvgIpc) is 2.27. The lowest BCUT2D eigenvalue weighted by molar-refractivity contribution is -0.137. The number of phenolic OH excluding ortho intramolecular Hbond substituents is 2. The number of phenols is 2. The monoisotopic (exact) mass is 254 g/mol. The van der Waals surface area contributed by atoms with E-state index in [0.717, 1.165) is 6.07 Å². The fourth-order valence-corrected chi connectivity index (χ4v) is 1.65. The van der Waals surface area contributed by atoms with E-state index >= 15 is 0 Å². The van der Waals surface area contributed by atoms with Crippen LogP contribution >= 0.6 is 0 Å². The Morgan fingerprint density at radius 2 is 1.56 bits per heavy atom. The Kier molecular flexibility index (Phi) is 2.90. The lowest BCUT2D eigenvalue weighted by atomic mass is 10.0. The van der Waals surface area contributed by atoms with Gasteiger partial charge in [-0.05, 0) is 29.8 Å². The van der Waals surface area contributed by atoms with E-state index in [4.69, 9.17) is 0 Å². The summed E-state index contributed by atoms with van der Waals surface area (Å²) in [6, 6.07) is 8.69. The predicted octanol–water partition coefficient (Wildman–Crippen LogP) is 3.78. The third kappa shape index (κ3) is 2.40. The standard InChI is InChI=1S/C13H9F3O2/c14-13(15,16)9-5-8(6-10(17)7-9)11-3-1-2-4-12(11)18/h1-7,17-18H. The van der Waals surface area contributed by atoms with Gasteiger partial charge in [-0.15, -0.1) is 0 Å². The number of benzene rings is 2. The largest absolute Gasteiger partial charge is 0.508 e. The van der Waals surface area contributed by atoms with Crippen LogP contribution in [0, 0.1) is 0 Å². The van der Waals surface area contributed by atoms with Gasteiger partial charge in [0.25, 0.3) is 0 Å². The van der Waals surface area contributed by atoms with E-state index in [1.807, 2.05) is 0 Å². The van der Waals surface area contributed by atoms with Crippen molar-refractivity contribution < 1.29 is 23.4 Å². The van der Waals surface area contributed by atoms with Crippen molar-refractivity contribution in [1.82, 2.24) is 0 Å². The molecule has 0 spiro atoms. The van der Waals surface area contributed by atoms with Crippen LogP contribution < -0.4 is 0 Å². The van der Waals surface area contributed by atoms with Crippen LogP contribution in [0.1, 0.15) is 5.56 Å². The number of para-hydroxylation sites is 1. The maximum atomic E-state index is 12.6. The molecule has 2 N–H and O–H groups in total. The van der Waals surface area contributed by atoms with Gasteiger partial charge in [0, 0.05) is 5.56 Å². The number of aromatic hydroxyl groups is 2. The van der Waals surface area contributed by atoms with Crippen molar-refractivity contribution >= 4 is 0 Å². The normalized spacial score (nSPS) is 11.5. The first-order valence-corrected chi connectivity index (χ1v) is 5.07. The maximum absolute atomic E-state index is 12.6. The Hall–Kier alpha value is -2.17. The highest BCUT2D eigenvalue weighted by Crippen LogP contribution is 2.37. The van der Waals surface area contributed by atoms with Crippen LogP contribution in [0.15, 0.2) is 42.5 Å². The minimum atomic E-state index is -4.54. The van der Waals surface area contributed by atoms with Crippen molar-refractivity contribution in [2.24, 2.45) is 0 Å². The molecule has 2 nitrogen and oxygen atoms in total. The van der Waals surface area contributed by atoms with E-state index in [0.29, 0.717) is 6.07 Å². The van der Waals surface area contributed by atoms with E-state index in [-0.39, 0.29) is 16.9 Å². The molecule has 0 aliphatic carbocycles. The zero-order valence-corrected chi connectivity index (χ0v) is 9.07. The molecule has 0 radical (unpaired) electrons. The first kappa shape index (κ1) is 12.3. The van der Waals surface area contributed by atoms with Gasteiger partial charge in [0.2, 0.25) is 0 Å². The van der Waals surface area contributed by atoms with Gasteiger partial charge in [-0.3, -0.25) is 0 Å². The summed E-state index contributed by atoms with van der Waals surface area (Å²) in [4.78, 5) is 0. The maximum Gasteiger partial charge on any atom is 0.416 e. The summed E-state index contributed by atoms with van der Waals surface area (Å²) in [6.07, 6.45) is -4.54. The molecule has 0 bridgehead atoms. The van der Waals surface area contributed by atoms with Gasteiger partial charge in [0.05, 0.1) is 5.56 Å². The second-order valence-electron chi connectivity index (χ2n) is 3.78. The number of hydrogen-bond acceptors (Lipinski definition) is 2. The Bertz CT molecular complexity index is 577. The second-order valence-corrected chi connectivity index (χ2v) is 3.78. The Morgan fingerprint density at radius 1 is 0.889 bits per heavy atom. The van der Waals surface area contributed by atoms with E-state index in [2.05, 4.69) is 0 Å². The number of hydrogen-bond donors (Lipinski definition) is 2. The summed E-state index contributed by atoms with van der Waals surface area (Å²) < 4.78 is 37.8. The fourth-order valence-electron chi connectivity index (χ4n) is 1.65. The molecule has 18 heavy (non-hydrogen) atoms. The van der Waals surface area contributed by atoms with Crippen LogP contribution in [0.25, 0.3) is 11.1 Å². The van der Waals surface area contributed by atoms with Gasteiger partial charge in [0.1, 0.15) is 11.5 Å². The minimum absolute atomic E-state index is 0.112. The molecule has 2 aromatic carbocycles. The fraction of sp³-hybridized carbons (Fsp3) is 0.0769. The summed E-state index contributed by atoms with van der Waals surface area (Å²) in [5, 5.41) is 18.9. The molecule has 0 aliphatic heterocycles. The van der Waals surface area contributed by atoms with Crippen molar-refractivity contribution in [3.8, 4) is 22.6 Å². The quantitative estimate of drug-likeness (QED) is 0.812. The predicted molar refractivity (Wildman–Crippen MR) is 60.2 cm³/mol. The van der Waals surface area contributed by atoms with E-state index in [9.17, 15) is 23.4 Å². The Morgan fingerprint density at radius 3 is 2.17 bits per heavy atom. The molecular weight excluding hydrogens is 245 g/mol. The SMILES string of the molecule is Oc1cc(-c2ccccc2O)cc(C(F)(F)F)c1. The molecule has 5 heteroatoms. The van der Waals surface area contributed by atoms with Crippen LogP contribution in [0.3, 0.4) is 0 Å². The molecule has 0 fully saturated rings. The molecule has 0 aromatic heterocycles. The van der Waals surface area contributed by atoms with Crippen LogP contribution in [0.5, 0.6) is 11.5 Å². The first-order chi connectivity index (χ1) is 8.38. The summed E-state index contributed by atoms with van der Waals surface area (Å²) in [6.45, 7) is 0. The van der Waals surface area contributed by atoms with E-state index < -0.39 is 17.5 Å². The summed E-state index contributed by atoms with van der Waals surface area (Å²) >= 11 is 0. The highest BCUT2D eigenvalue weighted by Gasteiger charge is 2.31. The Labute approximate surface area is 101 Å². The summed E-state index contributed by atoms with van der Waals surface area (Å²) in [5.41, 5.74) is -0.611. The first-order valence-electron chi connectivity index (χ1n) is 5.07. The van der Waals surface area contributed by atoms with Gasteiger partial charge >= 0.3 is 6.18 Å². The third-order valence-electron chi connectivity index (χ3n) is 2.46. The second kappa shape index (κ2) is 4.25. The number of alkyl halides is 3. The molecule has 0 saturated carbocycles. The molecule has 2 rings (SSSR count). The summed E-state index contributed by atoms with van der Waals surface area (Å²) in [5.74, 6) is -0.640. The average molecular weight is 254 g/mol. The third-order valence-corrected chi connectivity index (χ3v) is 2.46. The van der Waals surface area contributed by atoms with Gasteiger partial charge in [-0.25, -0.2) is 0 Å². The smallest absolute Gasteiger partial charge is 0.416 e. The van der Waals surface area contributed by atoms with E-state index in [1.165, 1.54) is 18.2 Å². The molecule has 0 unspecified atom stereocenters. The van der Waals surface area contributed by atoms with Gasteiger partial charge < -0.3 is 10.2 Å². The molecule has 0 heterocycles. The molecule has 94 valence electrons. The summed E-state index contributed by atoms with van der Waals surface area (Å²) in [7, 11) is 0. The molecule has 2 aromatic rings. The highest BCUT2D eigenvalue weighted by molar-refractivity contribution is 5.71. The van der Waals surface area contributed by atoms with Crippen LogP contribution in [-0.4, -0.2) is 10.2 Å². The van der Waals surface area contributed by atoms with Gasteiger partial charge in [-0.2, -0.15) is 13.2 Å². The van der Waals surface area contributed by atoms with Crippen molar-refractivity contribution in [1.29, 1.82) is 0 Å². The van der Waals surface area contributed by atoms with E-state index in [1.54, 1.807) is 12.1 Å². The Balaban J connectivity index is 2.60. The van der Waals surface area contributed by atoms with Gasteiger partial charge in [-0.1, -0.05) is 18.2 Å². The van der Waals surface area contributed by atoms with Crippen molar-refractivity contribution in [2.45, 2.75) is 6.18 Å². The zero-order valence-electron chi connectivity index (χ0n) is 9.07. The topological polar surface area (TPSA) is 40.5 Å². The van der Waals surface area contributed by atoms with Crippen molar-refractivity contribution in [3.63, 3.8) is 0 Å². The number of halogens is 3. The van der Waals surface area contributed by atoms with Crippen molar-refractivity contribution in [3.05, 3.63) is 48.0 Å². The number of rotatable bonds is 1. The highest BCUT2D eigenvalue weighted by atomic mass is 19.4. The molecule has 0 amide bonds. The van der Waals surface area contributed by atoms with Crippen LogP contribution in [0.2, 0.25) is 0 Å². The minimum Gasteiger partial charge on any atom is -0.508 e. The molecular formula is C13H9F3O2. The molecule has 0 aliphatic rings. The van der Waals surface area contributed by atoms with Crippen molar-refractivity contribution in [2.75, 3.05) is 0 Å². The lowest BCUT2D eigenvalue weighted by Gasteiger charge is -2.11. The van der Waals surface area contributed by atoms with Crippen LogP contribution in [-0.2, 0) is 6.18 Å². The molecule has 0 saturated heterocycles. The zero-order chi connectivity index (χ0) is 13.3. The van der Waals surface area contributed by atoms with Crippen LogP contribution in [0.4, 0.5) is 13.2 Å². The van der Waals surface area contributed by atoms with Gasteiger partial charge in [0.15, 0.2) is 0 Å².